The Labute approximate surface area is 121 Å². The smallest absolute Gasteiger partial charge is 0.257 e. The lowest BCUT2D eigenvalue weighted by atomic mass is 10.1. The van der Waals surface area contributed by atoms with Crippen LogP contribution in [0, 0.1) is 5.92 Å². The average molecular weight is 279 g/mol. The van der Waals surface area contributed by atoms with Crippen molar-refractivity contribution in [1.82, 2.24) is 9.88 Å². The fraction of sp³-hybridized carbons (Fsp3) is 0.600. The van der Waals surface area contributed by atoms with Gasteiger partial charge in [-0.05, 0) is 25.0 Å². The molecule has 0 unspecified atom stereocenters. The second-order valence-electron chi connectivity index (χ2n) is 5.07. The Hall–Kier alpha value is -1.62. The lowest BCUT2D eigenvalue weighted by Gasteiger charge is -2.25. The van der Waals surface area contributed by atoms with Crippen LogP contribution in [0.4, 0.5) is 5.82 Å². The molecule has 20 heavy (non-hydrogen) atoms. The summed E-state index contributed by atoms with van der Waals surface area (Å²) in [5.41, 5.74) is 0.617. The maximum atomic E-state index is 12.7. The number of pyridine rings is 1. The number of ether oxygens (including phenoxy) is 1. The molecular formula is C15H25N3O2. The fourth-order valence-electron chi connectivity index (χ4n) is 1.97. The Morgan fingerprint density at radius 1 is 1.50 bits per heavy atom. The molecule has 0 saturated carbocycles. The van der Waals surface area contributed by atoms with Crippen molar-refractivity contribution >= 4 is 11.7 Å². The molecule has 0 aliphatic rings. The Morgan fingerprint density at radius 2 is 2.25 bits per heavy atom. The van der Waals surface area contributed by atoms with E-state index in [4.69, 9.17) is 4.74 Å². The third-order valence-corrected chi connectivity index (χ3v) is 2.82. The molecule has 1 rings (SSSR count). The standard InChI is InChI=1S/C15H25N3O2/c1-5-16-14-13(7-6-8-17-14)15(19)18(9-10-20-4)11-12(2)3/h6-8,12H,5,9-11H2,1-4H3,(H,16,17). The Morgan fingerprint density at radius 3 is 2.85 bits per heavy atom. The van der Waals surface area contributed by atoms with Crippen LogP contribution in [0.3, 0.4) is 0 Å². The number of hydrogen-bond donors (Lipinski definition) is 1. The normalized spacial score (nSPS) is 10.7. The summed E-state index contributed by atoms with van der Waals surface area (Å²) in [6.45, 7) is 8.76. The molecule has 0 aromatic carbocycles. The van der Waals surface area contributed by atoms with Gasteiger partial charge in [-0.3, -0.25) is 4.79 Å². The molecular weight excluding hydrogens is 254 g/mol. The largest absolute Gasteiger partial charge is 0.383 e. The molecule has 1 amide bonds. The van der Waals surface area contributed by atoms with Crippen LogP contribution < -0.4 is 5.32 Å². The zero-order chi connectivity index (χ0) is 15.0. The number of carbonyl (C=O) groups is 1. The number of amides is 1. The van der Waals surface area contributed by atoms with Crippen LogP contribution in [0.2, 0.25) is 0 Å². The van der Waals surface area contributed by atoms with Crippen molar-refractivity contribution in [2.45, 2.75) is 20.8 Å². The molecule has 1 aromatic heterocycles. The van der Waals surface area contributed by atoms with Crippen molar-refractivity contribution in [1.29, 1.82) is 0 Å². The molecule has 1 aromatic rings. The molecule has 0 radical (unpaired) electrons. The van der Waals surface area contributed by atoms with E-state index in [-0.39, 0.29) is 5.91 Å². The van der Waals surface area contributed by atoms with Crippen LogP contribution in [-0.4, -0.2) is 49.1 Å². The molecule has 0 fully saturated rings. The van der Waals surface area contributed by atoms with E-state index in [1.54, 1.807) is 19.4 Å². The second-order valence-corrected chi connectivity index (χ2v) is 5.07. The number of hydrogen-bond acceptors (Lipinski definition) is 4. The first-order valence-corrected chi connectivity index (χ1v) is 7.07. The lowest BCUT2D eigenvalue weighted by molar-refractivity contribution is 0.0673. The Bertz CT molecular complexity index is 421. The highest BCUT2D eigenvalue weighted by molar-refractivity contribution is 5.98. The number of methoxy groups -OCH3 is 1. The van der Waals surface area contributed by atoms with Gasteiger partial charge in [-0.25, -0.2) is 4.98 Å². The number of rotatable bonds is 8. The monoisotopic (exact) mass is 279 g/mol. The SMILES string of the molecule is CCNc1ncccc1C(=O)N(CCOC)CC(C)C. The molecule has 0 saturated heterocycles. The summed E-state index contributed by atoms with van der Waals surface area (Å²) in [6.07, 6.45) is 1.69. The van der Waals surface area contributed by atoms with Gasteiger partial charge in [0.25, 0.3) is 5.91 Å². The first kappa shape index (κ1) is 16.4. The molecule has 5 nitrogen and oxygen atoms in total. The Kier molecular flexibility index (Phi) is 7.01. The maximum Gasteiger partial charge on any atom is 0.257 e. The van der Waals surface area contributed by atoms with E-state index in [9.17, 15) is 4.79 Å². The van der Waals surface area contributed by atoms with Gasteiger partial charge in [0.15, 0.2) is 0 Å². The van der Waals surface area contributed by atoms with Crippen molar-refractivity contribution < 1.29 is 9.53 Å². The predicted molar refractivity (Wildman–Crippen MR) is 81.0 cm³/mol. The summed E-state index contributed by atoms with van der Waals surface area (Å²) in [5, 5.41) is 3.13. The van der Waals surface area contributed by atoms with Crippen LogP contribution in [0.1, 0.15) is 31.1 Å². The highest BCUT2D eigenvalue weighted by Gasteiger charge is 2.19. The lowest BCUT2D eigenvalue weighted by Crippen LogP contribution is -2.37. The number of carbonyl (C=O) groups excluding carboxylic acids is 1. The molecule has 112 valence electrons. The van der Waals surface area contributed by atoms with Gasteiger partial charge in [0.05, 0.1) is 12.2 Å². The van der Waals surface area contributed by atoms with Gasteiger partial charge in [0, 0.05) is 32.9 Å². The predicted octanol–water partition coefficient (Wildman–Crippen LogP) is 2.26. The quantitative estimate of drug-likeness (QED) is 0.793. The molecule has 0 aliphatic heterocycles. The first-order valence-electron chi connectivity index (χ1n) is 7.07. The topological polar surface area (TPSA) is 54.5 Å². The molecule has 1 heterocycles. The first-order chi connectivity index (χ1) is 9.60. The van der Waals surface area contributed by atoms with E-state index in [1.165, 1.54) is 0 Å². The number of nitrogens with zero attached hydrogens (tertiary/aromatic N) is 2. The average Bonchev–Trinajstić information content (AvgIpc) is 2.43. The van der Waals surface area contributed by atoms with E-state index in [0.717, 1.165) is 6.54 Å². The molecule has 1 N–H and O–H groups in total. The molecule has 0 atom stereocenters. The minimum Gasteiger partial charge on any atom is -0.383 e. The van der Waals surface area contributed by atoms with Crippen molar-refractivity contribution in [2.75, 3.05) is 38.7 Å². The summed E-state index contributed by atoms with van der Waals surface area (Å²) in [5.74, 6) is 1.06. The summed E-state index contributed by atoms with van der Waals surface area (Å²) in [4.78, 5) is 18.7. The van der Waals surface area contributed by atoms with Gasteiger partial charge in [-0.2, -0.15) is 0 Å². The van der Waals surface area contributed by atoms with Gasteiger partial charge in [-0.1, -0.05) is 13.8 Å². The van der Waals surface area contributed by atoms with Crippen LogP contribution in [0.5, 0.6) is 0 Å². The van der Waals surface area contributed by atoms with E-state index < -0.39 is 0 Å². The summed E-state index contributed by atoms with van der Waals surface area (Å²) in [6, 6.07) is 3.60. The van der Waals surface area contributed by atoms with Gasteiger partial charge in [-0.15, -0.1) is 0 Å². The Balaban J connectivity index is 2.92. The van der Waals surface area contributed by atoms with Gasteiger partial charge in [0.2, 0.25) is 0 Å². The number of anilines is 1. The zero-order valence-corrected chi connectivity index (χ0v) is 12.8. The van der Waals surface area contributed by atoms with Crippen LogP contribution in [0.15, 0.2) is 18.3 Å². The second kappa shape index (κ2) is 8.53. The van der Waals surface area contributed by atoms with Gasteiger partial charge >= 0.3 is 0 Å². The fourth-order valence-corrected chi connectivity index (χ4v) is 1.97. The van der Waals surface area contributed by atoms with E-state index in [1.807, 2.05) is 17.9 Å². The number of aromatic nitrogens is 1. The van der Waals surface area contributed by atoms with E-state index in [0.29, 0.717) is 37.0 Å². The minimum atomic E-state index is -0.000185. The van der Waals surface area contributed by atoms with E-state index >= 15 is 0 Å². The van der Waals surface area contributed by atoms with Crippen molar-refractivity contribution in [3.05, 3.63) is 23.9 Å². The van der Waals surface area contributed by atoms with Crippen molar-refractivity contribution in [2.24, 2.45) is 5.92 Å². The third-order valence-electron chi connectivity index (χ3n) is 2.82. The van der Waals surface area contributed by atoms with Crippen LogP contribution >= 0.6 is 0 Å². The molecule has 0 spiro atoms. The zero-order valence-electron chi connectivity index (χ0n) is 12.8. The van der Waals surface area contributed by atoms with E-state index in [2.05, 4.69) is 24.1 Å². The van der Waals surface area contributed by atoms with Crippen LogP contribution in [-0.2, 0) is 4.74 Å². The van der Waals surface area contributed by atoms with Crippen molar-refractivity contribution in [3.8, 4) is 0 Å². The van der Waals surface area contributed by atoms with Crippen LogP contribution in [0.25, 0.3) is 0 Å². The summed E-state index contributed by atoms with van der Waals surface area (Å²) in [7, 11) is 1.65. The van der Waals surface area contributed by atoms with Gasteiger partial charge < -0.3 is 15.0 Å². The molecule has 5 heteroatoms. The number of nitrogens with one attached hydrogen (secondary N) is 1. The van der Waals surface area contributed by atoms with Gasteiger partial charge in [0.1, 0.15) is 5.82 Å². The summed E-state index contributed by atoms with van der Waals surface area (Å²) >= 11 is 0. The summed E-state index contributed by atoms with van der Waals surface area (Å²) < 4.78 is 5.09. The maximum absolute atomic E-state index is 12.7. The highest BCUT2D eigenvalue weighted by Crippen LogP contribution is 2.15. The highest BCUT2D eigenvalue weighted by atomic mass is 16.5. The third kappa shape index (κ3) is 4.81. The molecule has 0 aliphatic carbocycles. The molecule has 0 bridgehead atoms. The minimum absolute atomic E-state index is 0.000185. The van der Waals surface area contributed by atoms with Crippen molar-refractivity contribution in [3.63, 3.8) is 0 Å².